The molecule has 1 saturated heterocycles. The summed E-state index contributed by atoms with van der Waals surface area (Å²) in [6.07, 6.45) is 2.59. The van der Waals surface area contributed by atoms with Crippen LogP contribution in [0, 0.1) is 6.92 Å². The molecule has 6 heteroatoms. The summed E-state index contributed by atoms with van der Waals surface area (Å²) in [6, 6.07) is 0. The lowest BCUT2D eigenvalue weighted by molar-refractivity contribution is -0.121. The van der Waals surface area contributed by atoms with Gasteiger partial charge in [-0.05, 0) is 19.8 Å². The van der Waals surface area contributed by atoms with Crippen molar-refractivity contribution in [1.29, 1.82) is 0 Å². The Hall–Kier alpha value is -1.14. The Morgan fingerprint density at radius 3 is 3.11 bits per heavy atom. The lowest BCUT2D eigenvalue weighted by atomic mass is 10.2. The minimum atomic E-state index is -0.0250. The first kappa shape index (κ1) is 13.3. The number of carbonyl (C=O) groups excluding carboxylic acids is 1. The summed E-state index contributed by atoms with van der Waals surface area (Å²) in [6.45, 7) is 3.70. The van der Waals surface area contributed by atoms with Gasteiger partial charge in [0.25, 0.3) is 0 Å². The molecule has 0 radical (unpaired) electrons. The molecule has 5 nitrogen and oxygen atoms in total. The van der Waals surface area contributed by atoms with E-state index in [0.29, 0.717) is 19.5 Å². The summed E-state index contributed by atoms with van der Waals surface area (Å²) < 4.78 is 7.06. The summed E-state index contributed by atoms with van der Waals surface area (Å²) in [7, 11) is 0. The van der Waals surface area contributed by atoms with Gasteiger partial charge in [-0.3, -0.25) is 9.59 Å². The van der Waals surface area contributed by atoms with Crippen molar-refractivity contribution in [3.63, 3.8) is 0 Å². The smallest absolute Gasteiger partial charge is 0.307 e. The third-order valence-corrected chi connectivity index (χ3v) is 3.97. The Labute approximate surface area is 110 Å². The summed E-state index contributed by atoms with van der Waals surface area (Å²) in [5, 5.41) is 4.66. The highest BCUT2D eigenvalue weighted by molar-refractivity contribution is 7.07. The molecule has 1 aromatic rings. The molecule has 0 unspecified atom stereocenters. The van der Waals surface area contributed by atoms with Crippen LogP contribution in [0.3, 0.4) is 0 Å². The standard InChI is InChI=1S/C12H18N2O3S/c1-9-8-18-12(16)14(9)5-4-11(15)13-7-10-3-2-6-17-10/h8,10H,2-7H2,1H3,(H,13,15)/t10-/m1/s1. The highest BCUT2D eigenvalue weighted by Gasteiger charge is 2.16. The quantitative estimate of drug-likeness (QED) is 0.865. The second kappa shape index (κ2) is 6.15. The van der Waals surface area contributed by atoms with Crippen molar-refractivity contribution in [2.45, 2.75) is 38.8 Å². The maximum absolute atomic E-state index is 11.6. The number of nitrogens with zero attached hydrogens (tertiary/aromatic N) is 1. The van der Waals surface area contributed by atoms with E-state index >= 15 is 0 Å². The fourth-order valence-electron chi connectivity index (χ4n) is 2.01. The molecule has 1 aliphatic heterocycles. The number of thiazole rings is 1. The number of aryl methyl sites for hydroxylation is 1. The van der Waals surface area contributed by atoms with E-state index in [1.807, 2.05) is 12.3 Å². The predicted octanol–water partition coefficient (Wildman–Crippen LogP) is 0.904. The molecule has 1 fully saturated rings. The molecule has 2 heterocycles. The van der Waals surface area contributed by atoms with Crippen LogP contribution in [-0.4, -0.2) is 29.7 Å². The minimum Gasteiger partial charge on any atom is -0.376 e. The highest BCUT2D eigenvalue weighted by Crippen LogP contribution is 2.10. The fraction of sp³-hybridized carbons (Fsp3) is 0.667. The lowest BCUT2D eigenvalue weighted by Gasteiger charge is -2.11. The monoisotopic (exact) mass is 270 g/mol. The Kier molecular flexibility index (Phi) is 4.54. The largest absolute Gasteiger partial charge is 0.376 e. The number of carbonyl (C=O) groups is 1. The van der Waals surface area contributed by atoms with E-state index in [0.717, 1.165) is 25.1 Å². The van der Waals surface area contributed by atoms with Gasteiger partial charge in [-0.25, -0.2) is 0 Å². The van der Waals surface area contributed by atoms with E-state index in [2.05, 4.69) is 5.32 Å². The van der Waals surface area contributed by atoms with Gasteiger partial charge in [0.1, 0.15) is 0 Å². The van der Waals surface area contributed by atoms with Gasteiger partial charge in [0.2, 0.25) is 5.91 Å². The topological polar surface area (TPSA) is 60.3 Å². The molecule has 0 saturated carbocycles. The van der Waals surface area contributed by atoms with Gasteiger partial charge in [0.15, 0.2) is 0 Å². The van der Waals surface area contributed by atoms with Crippen LogP contribution in [0.2, 0.25) is 0 Å². The lowest BCUT2D eigenvalue weighted by Crippen LogP contribution is -2.32. The summed E-state index contributed by atoms with van der Waals surface area (Å²) in [4.78, 5) is 23.1. The Bertz CT molecular complexity index is 460. The number of amides is 1. The van der Waals surface area contributed by atoms with Crippen LogP contribution in [0.4, 0.5) is 0 Å². The molecule has 0 aromatic carbocycles. The maximum Gasteiger partial charge on any atom is 0.307 e. The summed E-state index contributed by atoms with van der Waals surface area (Å²) in [5.41, 5.74) is 0.914. The first-order valence-electron chi connectivity index (χ1n) is 6.20. The molecular weight excluding hydrogens is 252 g/mol. The number of rotatable bonds is 5. The zero-order chi connectivity index (χ0) is 13.0. The summed E-state index contributed by atoms with van der Waals surface area (Å²) in [5.74, 6) is -0.0250. The van der Waals surface area contributed by atoms with Gasteiger partial charge in [-0.2, -0.15) is 0 Å². The second-order valence-corrected chi connectivity index (χ2v) is 5.30. The van der Waals surface area contributed by atoms with Gasteiger partial charge >= 0.3 is 4.87 Å². The minimum absolute atomic E-state index is 0.000531. The van der Waals surface area contributed by atoms with Gasteiger partial charge in [0.05, 0.1) is 6.10 Å². The van der Waals surface area contributed by atoms with Crippen LogP contribution in [0.25, 0.3) is 0 Å². The van der Waals surface area contributed by atoms with Crippen LogP contribution >= 0.6 is 11.3 Å². The Morgan fingerprint density at radius 2 is 2.50 bits per heavy atom. The van der Waals surface area contributed by atoms with Crippen molar-refractivity contribution in [3.05, 3.63) is 20.7 Å². The van der Waals surface area contributed by atoms with Gasteiger partial charge < -0.3 is 14.6 Å². The van der Waals surface area contributed by atoms with Crippen LogP contribution in [0.5, 0.6) is 0 Å². The van der Waals surface area contributed by atoms with Crippen molar-refractivity contribution < 1.29 is 9.53 Å². The molecule has 0 aliphatic carbocycles. The van der Waals surface area contributed by atoms with E-state index < -0.39 is 0 Å². The Morgan fingerprint density at radius 1 is 1.67 bits per heavy atom. The maximum atomic E-state index is 11.6. The number of aromatic nitrogens is 1. The molecular formula is C12H18N2O3S. The number of hydrogen-bond acceptors (Lipinski definition) is 4. The zero-order valence-corrected chi connectivity index (χ0v) is 11.3. The first-order valence-corrected chi connectivity index (χ1v) is 7.08. The van der Waals surface area contributed by atoms with Crippen LogP contribution in [0.1, 0.15) is 25.0 Å². The van der Waals surface area contributed by atoms with Crippen molar-refractivity contribution in [2.24, 2.45) is 0 Å². The number of hydrogen-bond donors (Lipinski definition) is 1. The van der Waals surface area contributed by atoms with Crippen molar-refractivity contribution in [1.82, 2.24) is 9.88 Å². The molecule has 1 N–H and O–H groups in total. The Balaban J connectivity index is 1.73. The average Bonchev–Trinajstić information content (AvgIpc) is 2.96. The molecule has 100 valence electrons. The van der Waals surface area contributed by atoms with Gasteiger partial charge in [-0.1, -0.05) is 11.3 Å². The summed E-state index contributed by atoms with van der Waals surface area (Å²) >= 11 is 1.17. The van der Waals surface area contributed by atoms with Gasteiger partial charge in [-0.15, -0.1) is 0 Å². The van der Waals surface area contributed by atoms with E-state index in [4.69, 9.17) is 4.74 Å². The molecule has 18 heavy (non-hydrogen) atoms. The molecule has 0 bridgehead atoms. The fourth-order valence-corrected chi connectivity index (χ4v) is 2.77. The molecule has 1 aliphatic rings. The zero-order valence-electron chi connectivity index (χ0n) is 10.5. The highest BCUT2D eigenvalue weighted by atomic mass is 32.1. The van der Waals surface area contributed by atoms with E-state index in [9.17, 15) is 9.59 Å². The normalized spacial score (nSPS) is 19.1. The third kappa shape index (κ3) is 3.43. The molecule has 1 atom stereocenters. The van der Waals surface area contributed by atoms with E-state index in [1.54, 1.807) is 4.57 Å². The SMILES string of the molecule is Cc1csc(=O)n1CCC(=O)NC[C@H]1CCCO1. The third-order valence-electron chi connectivity index (χ3n) is 3.09. The van der Waals surface area contributed by atoms with Crippen molar-refractivity contribution in [3.8, 4) is 0 Å². The van der Waals surface area contributed by atoms with Gasteiger partial charge in [0, 0.05) is 37.2 Å². The molecule has 0 spiro atoms. The molecule has 1 aromatic heterocycles. The van der Waals surface area contributed by atoms with Crippen LogP contribution in [0.15, 0.2) is 10.2 Å². The van der Waals surface area contributed by atoms with Crippen LogP contribution in [-0.2, 0) is 16.1 Å². The van der Waals surface area contributed by atoms with Crippen molar-refractivity contribution >= 4 is 17.2 Å². The molecule has 2 rings (SSSR count). The number of ether oxygens (including phenoxy) is 1. The van der Waals surface area contributed by atoms with E-state index in [1.165, 1.54) is 11.3 Å². The van der Waals surface area contributed by atoms with Crippen molar-refractivity contribution in [2.75, 3.05) is 13.2 Å². The average molecular weight is 270 g/mol. The second-order valence-electron chi connectivity index (χ2n) is 4.48. The van der Waals surface area contributed by atoms with Crippen LogP contribution < -0.4 is 10.2 Å². The molecule has 1 amide bonds. The predicted molar refractivity (Wildman–Crippen MR) is 69.9 cm³/mol. The number of nitrogens with one attached hydrogen (secondary N) is 1. The van der Waals surface area contributed by atoms with E-state index in [-0.39, 0.29) is 16.9 Å². The first-order chi connectivity index (χ1) is 8.66.